The fraction of sp³-hybridized carbons (Fsp3) is 0.235. The molecule has 0 aliphatic carbocycles. The summed E-state index contributed by atoms with van der Waals surface area (Å²) in [5, 5.41) is 3.34. The molecule has 3 nitrogen and oxygen atoms in total. The summed E-state index contributed by atoms with van der Waals surface area (Å²) in [5.74, 6) is -0.207. The van der Waals surface area contributed by atoms with E-state index < -0.39 is 5.50 Å². The number of carbonyl (C=O) groups excluding carboxylic acids is 1. The fourth-order valence-corrected chi connectivity index (χ4v) is 2.39. The van der Waals surface area contributed by atoms with Gasteiger partial charge in [-0.25, -0.2) is 0 Å². The van der Waals surface area contributed by atoms with E-state index in [1.165, 1.54) is 0 Å². The lowest BCUT2D eigenvalue weighted by molar-refractivity contribution is 0.0951. The van der Waals surface area contributed by atoms with Crippen LogP contribution in [0.1, 0.15) is 22.8 Å². The molecule has 0 bridgehead atoms. The number of ether oxygens (including phenoxy) is 1. The van der Waals surface area contributed by atoms with Gasteiger partial charge in [0.2, 0.25) is 0 Å². The zero-order chi connectivity index (χ0) is 16.1. The molecule has 5 heteroatoms. The summed E-state index contributed by atoms with van der Waals surface area (Å²) in [5.41, 5.74) is 3.04. The molecule has 1 amide bonds. The first-order valence-electron chi connectivity index (χ1n) is 6.84. The van der Waals surface area contributed by atoms with Crippen molar-refractivity contribution < 1.29 is 9.53 Å². The fourth-order valence-electron chi connectivity index (χ4n) is 2.16. The van der Waals surface area contributed by atoms with E-state index >= 15 is 0 Å². The van der Waals surface area contributed by atoms with E-state index in [9.17, 15) is 4.79 Å². The van der Waals surface area contributed by atoms with Gasteiger partial charge in [0.1, 0.15) is 5.50 Å². The van der Waals surface area contributed by atoms with E-state index in [1.54, 1.807) is 20.1 Å². The van der Waals surface area contributed by atoms with Crippen molar-refractivity contribution in [3.8, 4) is 11.1 Å². The van der Waals surface area contributed by atoms with Crippen LogP contribution in [0.4, 0.5) is 0 Å². The Morgan fingerprint density at radius 2 is 1.91 bits per heavy atom. The van der Waals surface area contributed by atoms with Crippen LogP contribution in [-0.4, -0.2) is 18.5 Å². The van der Waals surface area contributed by atoms with Crippen LogP contribution in [0.3, 0.4) is 0 Å². The van der Waals surface area contributed by atoms with Crippen LogP contribution in [-0.2, 0) is 11.3 Å². The molecule has 0 fully saturated rings. The van der Waals surface area contributed by atoms with Crippen molar-refractivity contribution in [2.75, 3.05) is 7.11 Å². The second kappa shape index (κ2) is 7.63. The lowest BCUT2D eigenvalue weighted by atomic mass is 9.97. The van der Waals surface area contributed by atoms with Crippen LogP contribution in [0.5, 0.6) is 0 Å². The predicted octanol–water partition coefficient (Wildman–Crippen LogP) is 4.47. The Morgan fingerprint density at radius 1 is 1.23 bits per heavy atom. The minimum atomic E-state index is -0.426. The maximum absolute atomic E-state index is 12.1. The average Bonchev–Trinajstić information content (AvgIpc) is 2.48. The number of hydrogen-bond donors (Lipinski definition) is 1. The van der Waals surface area contributed by atoms with Crippen molar-refractivity contribution >= 4 is 29.1 Å². The quantitative estimate of drug-likeness (QED) is 0.645. The van der Waals surface area contributed by atoms with Gasteiger partial charge in [-0.1, -0.05) is 41.4 Å². The summed E-state index contributed by atoms with van der Waals surface area (Å²) >= 11 is 11.7. The molecular weight excluding hydrogens is 321 g/mol. The first-order chi connectivity index (χ1) is 10.5. The van der Waals surface area contributed by atoms with Gasteiger partial charge in [0.15, 0.2) is 0 Å². The number of alkyl halides is 1. The van der Waals surface area contributed by atoms with E-state index in [1.807, 2.05) is 36.4 Å². The van der Waals surface area contributed by atoms with Crippen molar-refractivity contribution in [3.63, 3.8) is 0 Å². The smallest absolute Gasteiger partial charge is 0.252 e. The Labute approximate surface area is 140 Å². The van der Waals surface area contributed by atoms with Gasteiger partial charge in [-0.3, -0.25) is 4.79 Å². The van der Waals surface area contributed by atoms with Gasteiger partial charge in [-0.2, -0.15) is 0 Å². The highest BCUT2D eigenvalue weighted by molar-refractivity contribution is 6.30. The van der Waals surface area contributed by atoms with Gasteiger partial charge in [0, 0.05) is 17.7 Å². The Hall–Kier alpha value is -1.55. The topological polar surface area (TPSA) is 38.3 Å². The summed E-state index contributed by atoms with van der Waals surface area (Å²) < 4.78 is 5.23. The largest absolute Gasteiger partial charge is 0.380 e. The average molecular weight is 338 g/mol. The second-order valence-electron chi connectivity index (χ2n) is 4.90. The van der Waals surface area contributed by atoms with E-state index in [2.05, 4.69) is 5.32 Å². The highest BCUT2D eigenvalue weighted by Gasteiger charge is 2.12. The third kappa shape index (κ3) is 4.23. The maximum atomic E-state index is 12.1. The van der Waals surface area contributed by atoms with Crippen LogP contribution < -0.4 is 5.32 Å². The molecule has 0 saturated carbocycles. The second-order valence-corrected chi connectivity index (χ2v) is 5.99. The molecular formula is C17H17Cl2NO2. The molecule has 116 valence electrons. The number of halogens is 2. The van der Waals surface area contributed by atoms with Crippen molar-refractivity contribution in [2.45, 2.75) is 19.0 Å². The summed E-state index contributed by atoms with van der Waals surface area (Å²) in [7, 11) is 1.64. The van der Waals surface area contributed by atoms with E-state index in [-0.39, 0.29) is 5.91 Å². The molecule has 0 heterocycles. The SMILES string of the molecule is COCc1ccc(C(=O)NC(C)Cl)cc1-c1ccc(Cl)cc1. The minimum absolute atomic E-state index is 0.207. The number of amides is 1. The standard InChI is InChI=1S/C17H17Cl2NO2/c1-11(18)20-17(21)13-3-4-14(10-22-2)16(9-13)12-5-7-15(19)8-6-12/h3-9,11H,10H2,1-2H3,(H,20,21). The molecule has 0 spiro atoms. The highest BCUT2D eigenvalue weighted by atomic mass is 35.5. The number of nitrogens with one attached hydrogen (secondary N) is 1. The number of carbonyl (C=O) groups is 1. The van der Waals surface area contributed by atoms with E-state index in [4.69, 9.17) is 27.9 Å². The normalized spacial score (nSPS) is 12.0. The van der Waals surface area contributed by atoms with E-state index in [0.717, 1.165) is 16.7 Å². The lowest BCUT2D eigenvalue weighted by Gasteiger charge is -2.13. The van der Waals surface area contributed by atoms with Crippen LogP contribution in [0.25, 0.3) is 11.1 Å². The predicted molar refractivity (Wildman–Crippen MR) is 90.4 cm³/mol. The number of benzene rings is 2. The first-order valence-corrected chi connectivity index (χ1v) is 7.65. The van der Waals surface area contributed by atoms with Crippen LogP contribution in [0, 0.1) is 0 Å². The summed E-state index contributed by atoms with van der Waals surface area (Å²) in [6.45, 7) is 2.17. The van der Waals surface area contributed by atoms with Crippen molar-refractivity contribution in [2.24, 2.45) is 0 Å². The highest BCUT2D eigenvalue weighted by Crippen LogP contribution is 2.27. The third-order valence-electron chi connectivity index (χ3n) is 3.16. The van der Waals surface area contributed by atoms with Gasteiger partial charge in [-0.05, 0) is 47.9 Å². The molecule has 0 aliphatic heterocycles. The monoisotopic (exact) mass is 337 g/mol. The summed E-state index contributed by atoms with van der Waals surface area (Å²) in [6.07, 6.45) is 0. The van der Waals surface area contributed by atoms with Crippen LogP contribution in [0.2, 0.25) is 5.02 Å². The Bertz CT molecular complexity index is 654. The molecule has 2 aromatic rings. The zero-order valence-corrected chi connectivity index (χ0v) is 13.9. The molecule has 2 aromatic carbocycles. The maximum Gasteiger partial charge on any atom is 0.252 e. The van der Waals surface area contributed by atoms with Crippen molar-refractivity contribution in [1.82, 2.24) is 5.32 Å². The number of rotatable bonds is 5. The molecule has 0 saturated heterocycles. The molecule has 0 aromatic heterocycles. The van der Waals surface area contributed by atoms with Crippen molar-refractivity contribution in [1.29, 1.82) is 0 Å². The Balaban J connectivity index is 2.43. The minimum Gasteiger partial charge on any atom is -0.380 e. The summed E-state index contributed by atoms with van der Waals surface area (Å²) in [4.78, 5) is 12.1. The molecule has 2 rings (SSSR count). The molecule has 1 N–H and O–H groups in total. The molecule has 22 heavy (non-hydrogen) atoms. The van der Waals surface area contributed by atoms with Crippen LogP contribution in [0.15, 0.2) is 42.5 Å². The zero-order valence-electron chi connectivity index (χ0n) is 12.4. The molecule has 0 aliphatic rings. The van der Waals surface area contributed by atoms with Gasteiger partial charge >= 0.3 is 0 Å². The number of hydrogen-bond acceptors (Lipinski definition) is 2. The summed E-state index contributed by atoms with van der Waals surface area (Å²) in [6, 6.07) is 13.0. The lowest BCUT2D eigenvalue weighted by Crippen LogP contribution is -2.28. The van der Waals surface area contributed by atoms with Gasteiger partial charge in [-0.15, -0.1) is 0 Å². The van der Waals surface area contributed by atoms with Gasteiger partial charge in [0.25, 0.3) is 5.91 Å². The molecule has 0 radical (unpaired) electrons. The first kappa shape index (κ1) is 16.8. The third-order valence-corrected chi connectivity index (χ3v) is 3.52. The van der Waals surface area contributed by atoms with Gasteiger partial charge in [0.05, 0.1) is 6.61 Å². The van der Waals surface area contributed by atoms with Crippen molar-refractivity contribution in [3.05, 3.63) is 58.6 Å². The molecule has 1 atom stereocenters. The van der Waals surface area contributed by atoms with Crippen LogP contribution >= 0.6 is 23.2 Å². The Kier molecular flexibility index (Phi) is 5.83. The van der Waals surface area contributed by atoms with E-state index in [0.29, 0.717) is 17.2 Å². The number of methoxy groups -OCH3 is 1. The van der Waals surface area contributed by atoms with Gasteiger partial charge < -0.3 is 10.1 Å². The Morgan fingerprint density at radius 3 is 2.50 bits per heavy atom. The molecule has 1 unspecified atom stereocenters.